The molecule has 0 amide bonds. The summed E-state index contributed by atoms with van der Waals surface area (Å²) in [7, 11) is 0. The van der Waals surface area contributed by atoms with Gasteiger partial charge in [0.05, 0.1) is 35.5 Å². The molecule has 0 unspecified atom stereocenters. The average Bonchev–Trinajstić information content (AvgIpc) is 3.60. The number of nitrogens with zero attached hydrogens (tertiary/aromatic N) is 1. The molecule has 0 bridgehead atoms. The Hall–Kier alpha value is -1.96. The summed E-state index contributed by atoms with van der Waals surface area (Å²) in [6.45, 7) is 0.410. The number of aliphatic hydroxyl groups is 2. The lowest BCUT2D eigenvalue weighted by atomic mass is 9.95. The van der Waals surface area contributed by atoms with Gasteiger partial charge in [0.15, 0.2) is 0 Å². The first kappa shape index (κ1) is 25.1. The van der Waals surface area contributed by atoms with Gasteiger partial charge in [0.25, 0.3) is 0 Å². The smallest absolute Gasteiger partial charge is 0.145 e. The summed E-state index contributed by atoms with van der Waals surface area (Å²) in [5, 5.41) is 23.6. The zero-order valence-electron chi connectivity index (χ0n) is 18.7. The molecule has 0 radical (unpaired) electrons. The number of aromatic nitrogens is 1. The van der Waals surface area contributed by atoms with E-state index in [1.54, 1.807) is 24.3 Å². The maximum absolute atomic E-state index is 12.1. The molecule has 34 heavy (non-hydrogen) atoms. The zero-order valence-corrected chi connectivity index (χ0v) is 20.2. The summed E-state index contributed by atoms with van der Waals surface area (Å²) in [6, 6.07) is 11.2. The monoisotopic (exact) mass is 507 g/mol. The molecule has 0 atom stereocenters. The standard InChI is InChI=1S/C19H21Cl2NO3.C7H7FO/c20-15-2-1-3-16(21)17(15)18-14(19(25-22-18)11-4-5-11)10-24-13-8-6-12(23)7-9-13;8-7-3-1-6(5-9)2-4-7/h1-3,11-13,23H,4-10H2;1-4,9H,5H2. The third kappa shape index (κ3) is 6.37. The molecule has 2 aliphatic carbocycles. The van der Waals surface area contributed by atoms with Crippen molar-refractivity contribution in [1.29, 1.82) is 0 Å². The lowest BCUT2D eigenvalue weighted by Crippen LogP contribution is -2.24. The minimum atomic E-state index is -0.271. The highest BCUT2D eigenvalue weighted by Gasteiger charge is 2.34. The number of aliphatic hydroxyl groups excluding tert-OH is 2. The minimum absolute atomic E-state index is 0.0275. The Labute approximate surface area is 208 Å². The fraction of sp³-hybridized carbons (Fsp3) is 0.423. The Morgan fingerprint density at radius 2 is 1.62 bits per heavy atom. The van der Waals surface area contributed by atoms with Gasteiger partial charge in [-0.2, -0.15) is 0 Å². The largest absolute Gasteiger partial charge is 0.393 e. The van der Waals surface area contributed by atoms with Crippen molar-refractivity contribution in [3.63, 3.8) is 0 Å². The number of hydrogen-bond acceptors (Lipinski definition) is 5. The summed E-state index contributed by atoms with van der Waals surface area (Å²) in [6.07, 6.45) is 5.58. The number of benzene rings is 2. The maximum Gasteiger partial charge on any atom is 0.145 e. The van der Waals surface area contributed by atoms with Gasteiger partial charge in [0.2, 0.25) is 0 Å². The van der Waals surface area contributed by atoms with Crippen LogP contribution in [0.2, 0.25) is 10.0 Å². The molecule has 0 aliphatic heterocycles. The van der Waals surface area contributed by atoms with E-state index in [9.17, 15) is 9.50 Å². The highest BCUT2D eigenvalue weighted by molar-refractivity contribution is 6.39. The van der Waals surface area contributed by atoms with Gasteiger partial charge in [0, 0.05) is 17.0 Å². The van der Waals surface area contributed by atoms with Gasteiger partial charge in [-0.3, -0.25) is 0 Å². The van der Waals surface area contributed by atoms with Crippen LogP contribution < -0.4 is 0 Å². The maximum atomic E-state index is 12.1. The van der Waals surface area contributed by atoms with Crippen LogP contribution in [-0.4, -0.2) is 27.6 Å². The van der Waals surface area contributed by atoms with E-state index in [0.717, 1.165) is 55.4 Å². The lowest BCUT2D eigenvalue weighted by Gasteiger charge is -2.25. The molecule has 2 N–H and O–H groups in total. The second-order valence-electron chi connectivity index (χ2n) is 8.77. The van der Waals surface area contributed by atoms with E-state index in [0.29, 0.717) is 33.8 Å². The van der Waals surface area contributed by atoms with E-state index in [4.69, 9.17) is 37.6 Å². The van der Waals surface area contributed by atoms with Crippen LogP contribution in [0.15, 0.2) is 47.0 Å². The summed E-state index contributed by atoms with van der Waals surface area (Å²) in [5.41, 5.74) is 3.09. The fourth-order valence-corrected chi connectivity index (χ4v) is 4.63. The van der Waals surface area contributed by atoms with E-state index in [-0.39, 0.29) is 24.6 Å². The lowest BCUT2D eigenvalue weighted by molar-refractivity contribution is -0.0121. The predicted octanol–water partition coefficient (Wildman–Crippen LogP) is 6.66. The van der Waals surface area contributed by atoms with E-state index >= 15 is 0 Å². The fourth-order valence-electron chi connectivity index (χ4n) is 4.05. The number of halogens is 3. The molecule has 182 valence electrons. The zero-order chi connectivity index (χ0) is 24.1. The van der Waals surface area contributed by atoms with Crippen molar-refractivity contribution in [3.05, 3.63) is 75.2 Å². The second kappa shape index (κ2) is 11.6. The van der Waals surface area contributed by atoms with Crippen molar-refractivity contribution < 1.29 is 23.9 Å². The SMILES string of the molecule is OC1CCC(OCc2c(-c3c(Cl)cccc3Cl)noc2C2CC2)CC1.OCc1ccc(F)cc1. The van der Waals surface area contributed by atoms with Crippen molar-refractivity contribution in [3.8, 4) is 11.3 Å². The summed E-state index contributed by atoms with van der Waals surface area (Å²) in [4.78, 5) is 0. The van der Waals surface area contributed by atoms with Gasteiger partial charge in [-0.05, 0) is 68.4 Å². The van der Waals surface area contributed by atoms with Gasteiger partial charge >= 0.3 is 0 Å². The van der Waals surface area contributed by atoms with Crippen molar-refractivity contribution in [2.75, 3.05) is 0 Å². The van der Waals surface area contributed by atoms with Gasteiger partial charge in [-0.25, -0.2) is 4.39 Å². The first-order valence-electron chi connectivity index (χ1n) is 11.5. The molecule has 1 aromatic heterocycles. The van der Waals surface area contributed by atoms with E-state index in [1.807, 2.05) is 6.07 Å². The van der Waals surface area contributed by atoms with Gasteiger partial charge in [-0.15, -0.1) is 0 Å². The quantitative estimate of drug-likeness (QED) is 0.389. The summed E-state index contributed by atoms with van der Waals surface area (Å²) in [5.74, 6) is 1.06. The highest BCUT2D eigenvalue weighted by Crippen LogP contribution is 2.46. The van der Waals surface area contributed by atoms with Crippen LogP contribution in [0.4, 0.5) is 4.39 Å². The number of rotatable bonds is 6. The van der Waals surface area contributed by atoms with Crippen LogP contribution in [0.25, 0.3) is 11.3 Å². The molecule has 2 saturated carbocycles. The Kier molecular flexibility index (Phi) is 8.61. The van der Waals surface area contributed by atoms with Crippen LogP contribution in [0, 0.1) is 5.82 Å². The van der Waals surface area contributed by atoms with Crippen LogP contribution in [-0.2, 0) is 18.0 Å². The molecule has 2 aliphatic rings. The molecule has 2 fully saturated rings. The minimum Gasteiger partial charge on any atom is -0.393 e. The molecule has 3 aromatic rings. The van der Waals surface area contributed by atoms with Crippen LogP contribution >= 0.6 is 23.2 Å². The average molecular weight is 508 g/mol. The highest BCUT2D eigenvalue weighted by atomic mass is 35.5. The predicted molar refractivity (Wildman–Crippen MR) is 129 cm³/mol. The van der Waals surface area contributed by atoms with Gasteiger partial charge < -0.3 is 19.5 Å². The normalized spacial score (nSPS) is 20.0. The third-order valence-electron chi connectivity index (χ3n) is 6.17. The first-order valence-corrected chi connectivity index (χ1v) is 12.3. The summed E-state index contributed by atoms with van der Waals surface area (Å²) < 4.78 is 23.9. The van der Waals surface area contributed by atoms with Crippen LogP contribution in [0.3, 0.4) is 0 Å². The van der Waals surface area contributed by atoms with E-state index < -0.39 is 0 Å². The van der Waals surface area contributed by atoms with E-state index in [2.05, 4.69) is 5.16 Å². The molecule has 8 heteroatoms. The molecule has 0 spiro atoms. The number of hydrogen-bond donors (Lipinski definition) is 2. The van der Waals surface area contributed by atoms with Crippen molar-refractivity contribution in [2.45, 2.75) is 69.9 Å². The molecule has 2 aromatic carbocycles. The number of ether oxygens (including phenoxy) is 1. The van der Waals surface area contributed by atoms with Crippen molar-refractivity contribution in [2.24, 2.45) is 0 Å². The van der Waals surface area contributed by atoms with Crippen LogP contribution in [0.1, 0.15) is 61.3 Å². The molecule has 5 rings (SSSR count). The first-order chi connectivity index (χ1) is 16.5. The molecule has 1 heterocycles. The van der Waals surface area contributed by atoms with Crippen LogP contribution in [0.5, 0.6) is 0 Å². The molecular weight excluding hydrogens is 480 g/mol. The second-order valence-corrected chi connectivity index (χ2v) is 9.59. The Balaban J connectivity index is 0.000000257. The topological polar surface area (TPSA) is 75.7 Å². The third-order valence-corrected chi connectivity index (χ3v) is 6.80. The Morgan fingerprint density at radius 3 is 2.21 bits per heavy atom. The van der Waals surface area contributed by atoms with E-state index in [1.165, 1.54) is 12.1 Å². The Bertz CT molecular complexity index is 1060. The van der Waals surface area contributed by atoms with Gasteiger partial charge in [0.1, 0.15) is 17.3 Å². The summed E-state index contributed by atoms with van der Waals surface area (Å²) >= 11 is 12.7. The Morgan fingerprint density at radius 1 is 0.971 bits per heavy atom. The van der Waals surface area contributed by atoms with Gasteiger partial charge in [-0.1, -0.05) is 46.6 Å². The molecule has 5 nitrogen and oxygen atoms in total. The van der Waals surface area contributed by atoms with Crippen molar-refractivity contribution in [1.82, 2.24) is 5.16 Å². The molecule has 0 saturated heterocycles. The molecular formula is C26H28Cl2FNO4. The van der Waals surface area contributed by atoms with Crippen molar-refractivity contribution >= 4 is 23.2 Å².